The molecule has 0 saturated heterocycles. The summed E-state index contributed by atoms with van der Waals surface area (Å²) in [6, 6.07) is 0. The van der Waals surface area contributed by atoms with Crippen molar-refractivity contribution in [2.75, 3.05) is 0 Å². The molecule has 0 amide bonds. The zero-order valence-electron chi connectivity index (χ0n) is 14.6. The number of rotatable bonds is 2. The van der Waals surface area contributed by atoms with Gasteiger partial charge in [-0.1, -0.05) is 6.92 Å². The number of carbonyl (C=O) groups excluding carboxylic acids is 1. The molecule has 0 fully saturated rings. The summed E-state index contributed by atoms with van der Waals surface area (Å²) in [7, 11) is 0. The highest BCUT2D eigenvalue weighted by molar-refractivity contribution is 5.76. The topological polar surface area (TPSA) is 26.3 Å². The summed E-state index contributed by atoms with van der Waals surface area (Å²) in [5.41, 5.74) is -0.564. The van der Waals surface area contributed by atoms with Crippen LogP contribution in [0.4, 0.5) is 0 Å². The third-order valence-electron chi connectivity index (χ3n) is 2.58. The van der Waals surface area contributed by atoms with Crippen molar-refractivity contribution in [3.63, 3.8) is 0 Å². The van der Waals surface area contributed by atoms with Gasteiger partial charge in [0.15, 0.2) is 0 Å². The van der Waals surface area contributed by atoms with Crippen LogP contribution in [0.1, 0.15) is 27.2 Å². The van der Waals surface area contributed by atoms with E-state index in [1.165, 1.54) is 0 Å². The average Bonchev–Trinajstić information content (AvgIpc) is 2.64. The molecule has 0 radical (unpaired) electrons. The summed E-state index contributed by atoms with van der Waals surface area (Å²) in [5, 5.41) is 0. The van der Waals surface area contributed by atoms with Gasteiger partial charge in [-0.2, -0.15) is 0 Å². The Morgan fingerprint density at radius 3 is 1.42 bits per heavy atom. The molecule has 0 unspecified atom stereocenters. The molecule has 0 N–H and O–H groups in total. The SMILES string of the molecule is C#CC#CC#CC#CC#CC#CC#CC#CC#COC(=O)C(C)(C)CC. The quantitative estimate of drug-likeness (QED) is 0.567. The van der Waals surface area contributed by atoms with E-state index < -0.39 is 5.41 Å². The maximum atomic E-state index is 11.6. The van der Waals surface area contributed by atoms with Crippen molar-refractivity contribution in [2.45, 2.75) is 27.2 Å². The van der Waals surface area contributed by atoms with Crippen LogP contribution in [0.2, 0.25) is 0 Å². The molecule has 0 aromatic carbocycles. The molecule has 0 aromatic heterocycles. The number of hydrogen-bond donors (Lipinski definition) is 0. The smallest absolute Gasteiger partial charge is 0.325 e. The molecule has 120 valence electrons. The Kier molecular flexibility index (Phi) is 11.7. The lowest BCUT2D eigenvalue weighted by molar-refractivity contribution is -0.146. The van der Waals surface area contributed by atoms with Crippen molar-refractivity contribution in [1.29, 1.82) is 0 Å². The summed E-state index contributed by atoms with van der Waals surface area (Å²) in [6.07, 6.45) is 7.80. The van der Waals surface area contributed by atoms with Crippen LogP contribution in [0.3, 0.4) is 0 Å². The van der Waals surface area contributed by atoms with Gasteiger partial charge in [0, 0.05) is 47.4 Å². The summed E-state index contributed by atoms with van der Waals surface area (Å²) >= 11 is 0. The largest absolute Gasteiger partial charge is 0.371 e. The van der Waals surface area contributed by atoms with Crippen molar-refractivity contribution in [2.24, 2.45) is 5.41 Å². The third kappa shape index (κ3) is 12.1. The minimum atomic E-state index is -0.564. The summed E-state index contributed by atoms with van der Waals surface area (Å²) in [4.78, 5) is 11.6. The Morgan fingerprint density at radius 2 is 1.08 bits per heavy atom. The number of hydrogen-bond acceptors (Lipinski definition) is 2. The van der Waals surface area contributed by atoms with Crippen LogP contribution in [0.15, 0.2) is 0 Å². The fraction of sp³-hybridized carbons (Fsp3) is 0.208. The highest BCUT2D eigenvalue weighted by Gasteiger charge is 2.26. The maximum Gasteiger partial charge on any atom is 0.325 e. The Hall–Kier alpha value is -4.49. The Bertz CT molecular complexity index is 1080. The van der Waals surface area contributed by atoms with Gasteiger partial charge < -0.3 is 4.74 Å². The standard InChI is InChI=1S/C24H12O2/c1-5-7-8-9-10-11-12-13-14-15-16-17-18-19-20-21-22-26-23(25)24(3,4)6-2/h1H,6H2,2-4H3. The first-order valence-electron chi connectivity index (χ1n) is 7.21. The molecule has 0 bridgehead atoms. The number of ether oxygens (including phenoxy) is 1. The number of carbonyl (C=O) groups is 1. The third-order valence-corrected chi connectivity index (χ3v) is 2.58. The molecule has 0 spiro atoms. The van der Waals surface area contributed by atoms with E-state index in [4.69, 9.17) is 11.2 Å². The predicted molar refractivity (Wildman–Crippen MR) is 101 cm³/mol. The lowest BCUT2D eigenvalue weighted by atomic mass is 9.91. The fourth-order valence-corrected chi connectivity index (χ4v) is 0.822. The molecule has 0 heterocycles. The van der Waals surface area contributed by atoms with Crippen LogP contribution >= 0.6 is 0 Å². The molecular formula is C24H12O2. The van der Waals surface area contributed by atoms with Crippen LogP contribution in [0.5, 0.6) is 0 Å². The minimum absolute atomic E-state index is 0.389. The van der Waals surface area contributed by atoms with E-state index in [0.717, 1.165) is 0 Å². The molecule has 26 heavy (non-hydrogen) atoms. The zero-order valence-corrected chi connectivity index (χ0v) is 14.6. The lowest BCUT2D eigenvalue weighted by Gasteiger charge is -2.17. The highest BCUT2D eigenvalue weighted by Crippen LogP contribution is 2.20. The van der Waals surface area contributed by atoms with Gasteiger partial charge in [0.1, 0.15) is 6.11 Å². The first-order valence-corrected chi connectivity index (χ1v) is 7.21. The fourth-order valence-electron chi connectivity index (χ4n) is 0.822. The van der Waals surface area contributed by atoms with Crippen LogP contribution < -0.4 is 0 Å². The number of terminal acetylenes is 1. The molecule has 0 atom stereocenters. The second-order valence-electron chi connectivity index (χ2n) is 4.75. The summed E-state index contributed by atoms with van der Waals surface area (Å²) < 4.78 is 4.78. The summed E-state index contributed by atoms with van der Waals surface area (Å²) in [6.45, 7) is 5.46. The average molecular weight is 332 g/mol. The van der Waals surface area contributed by atoms with Crippen LogP contribution in [-0.2, 0) is 9.53 Å². The van der Waals surface area contributed by atoms with Gasteiger partial charge in [-0.05, 0) is 67.6 Å². The predicted octanol–water partition coefficient (Wildman–Crippen LogP) is 1.58. The number of esters is 1. The van der Waals surface area contributed by atoms with Crippen LogP contribution in [0.25, 0.3) is 0 Å². The van der Waals surface area contributed by atoms with Gasteiger partial charge in [0.05, 0.1) is 5.41 Å². The first kappa shape index (κ1) is 21.5. The van der Waals surface area contributed by atoms with Gasteiger partial charge >= 0.3 is 5.97 Å². The first-order chi connectivity index (χ1) is 12.5. The highest BCUT2D eigenvalue weighted by atomic mass is 16.5. The van der Waals surface area contributed by atoms with Crippen molar-refractivity contribution < 1.29 is 9.53 Å². The molecular weight excluding hydrogens is 320 g/mol. The Labute approximate surface area is 155 Å². The van der Waals surface area contributed by atoms with Crippen molar-refractivity contribution >= 4 is 5.97 Å². The van der Waals surface area contributed by atoms with E-state index in [9.17, 15) is 4.79 Å². The zero-order chi connectivity index (χ0) is 19.5. The molecule has 2 nitrogen and oxygen atoms in total. The van der Waals surface area contributed by atoms with E-state index >= 15 is 0 Å². The second kappa shape index (κ2) is 14.1. The second-order valence-corrected chi connectivity index (χ2v) is 4.75. The molecule has 0 aliphatic carbocycles. The molecule has 0 aliphatic heterocycles. The normalized spacial score (nSPS) is 6.38. The van der Waals surface area contributed by atoms with Crippen LogP contribution in [-0.4, -0.2) is 5.97 Å². The summed E-state index contributed by atoms with van der Waals surface area (Å²) in [5.74, 6) is 38.3. The van der Waals surface area contributed by atoms with Gasteiger partial charge in [-0.3, -0.25) is 4.79 Å². The van der Waals surface area contributed by atoms with Crippen molar-refractivity contribution in [1.82, 2.24) is 0 Å². The van der Waals surface area contributed by atoms with Gasteiger partial charge in [0.25, 0.3) is 0 Å². The lowest BCUT2D eigenvalue weighted by Crippen LogP contribution is -2.24. The minimum Gasteiger partial charge on any atom is -0.371 e. The van der Waals surface area contributed by atoms with E-state index in [-0.39, 0.29) is 5.97 Å². The van der Waals surface area contributed by atoms with Gasteiger partial charge in [-0.15, -0.1) is 6.42 Å². The van der Waals surface area contributed by atoms with E-state index in [1.807, 2.05) is 6.92 Å². The van der Waals surface area contributed by atoms with Gasteiger partial charge in [-0.25, -0.2) is 0 Å². The Morgan fingerprint density at radius 1 is 0.731 bits per heavy atom. The molecule has 0 aromatic rings. The molecule has 0 saturated carbocycles. The van der Waals surface area contributed by atoms with Gasteiger partial charge in [0.2, 0.25) is 0 Å². The maximum absolute atomic E-state index is 11.6. The van der Waals surface area contributed by atoms with Crippen molar-refractivity contribution in [3.8, 4) is 107 Å². The molecule has 0 aliphatic rings. The molecule has 0 rings (SSSR count). The Balaban J connectivity index is 4.43. The molecule has 2 heteroatoms. The monoisotopic (exact) mass is 332 g/mol. The van der Waals surface area contributed by atoms with E-state index in [1.54, 1.807) is 13.8 Å². The van der Waals surface area contributed by atoms with Crippen LogP contribution in [0, 0.1) is 113 Å². The van der Waals surface area contributed by atoms with E-state index in [0.29, 0.717) is 6.42 Å². The van der Waals surface area contributed by atoms with Crippen molar-refractivity contribution in [3.05, 3.63) is 0 Å². The van der Waals surface area contributed by atoms with E-state index in [2.05, 4.69) is 101 Å².